The minimum atomic E-state index is -0.925. The Labute approximate surface area is 171 Å². The highest BCUT2D eigenvalue weighted by Crippen LogP contribution is 2.34. The van der Waals surface area contributed by atoms with Gasteiger partial charge in [-0.1, -0.05) is 32.9 Å². The summed E-state index contributed by atoms with van der Waals surface area (Å²) in [6.45, 7) is 10.3. The van der Waals surface area contributed by atoms with E-state index in [1.54, 1.807) is 36.7 Å². The van der Waals surface area contributed by atoms with Crippen LogP contribution in [0.3, 0.4) is 0 Å². The third kappa shape index (κ3) is 3.68. The molecule has 1 atom stereocenters. The predicted octanol–water partition coefficient (Wildman–Crippen LogP) is 3.74. The van der Waals surface area contributed by atoms with Gasteiger partial charge in [0.05, 0.1) is 12.2 Å². The lowest BCUT2D eigenvalue weighted by molar-refractivity contribution is -0.123. The van der Waals surface area contributed by atoms with E-state index in [9.17, 15) is 9.59 Å². The number of nitrogens with one attached hydrogen (secondary N) is 1. The molecular weight excluding hydrogens is 372 g/mol. The molecule has 1 aromatic rings. The van der Waals surface area contributed by atoms with Gasteiger partial charge < -0.3 is 10.2 Å². The third-order valence-corrected chi connectivity index (χ3v) is 5.86. The van der Waals surface area contributed by atoms with Crippen molar-refractivity contribution in [3.8, 4) is 0 Å². The normalized spacial score (nSPS) is 21.8. The lowest BCUT2D eigenvalue weighted by atomic mass is 9.87. The summed E-state index contributed by atoms with van der Waals surface area (Å²) in [6, 6.07) is 7.37. The molecule has 3 rings (SSSR count). The van der Waals surface area contributed by atoms with Crippen molar-refractivity contribution in [2.24, 2.45) is 4.99 Å². The summed E-state index contributed by atoms with van der Waals surface area (Å²) in [5, 5.41) is 3.28. The van der Waals surface area contributed by atoms with Gasteiger partial charge in [-0.3, -0.25) is 9.79 Å². The molecule has 0 aliphatic carbocycles. The molecule has 2 aliphatic rings. The Hall–Kier alpha value is -2.28. The van der Waals surface area contributed by atoms with Crippen LogP contribution in [0.2, 0.25) is 0 Å². The number of anilines is 1. The number of nitrogens with zero attached hydrogens (tertiary/aromatic N) is 3. The lowest BCUT2D eigenvalue weighted by Gasteiger charge is -2.30. The fourth-order valence-corrected chi connectivity index (χ4v) is 3.74. The van der Waals surface area contributed by atoms with Gasteiger partial charge in [-0.25, -0.2) is 9.69 Å². The van der Waals surface area contributed by atoms with Crippen LogP contribution in [0.4, 0.5) is 10.5 Å². The number of carbonyl (C=O) groups excluding carboxylic acids is 2. The van der Waals surface area contributed by atoms with E-state index in [4.69, 9.17) is 0 Å². The Morgan fingerprint density at radius 3 is 2.39 bits per heavy atom. The Bertz CT molecular complexity index is 837. The maximum Gasteiger partial charge on any atom is 0.332 e. The van der Waals surface area contributed by atoms with Crippen molar-refractivity contribution >= 4 is 35.6 Å². The van der Waals surface area contributed by atoms with Crippen LogP contribution in [-0.2, 0) is 10.2 Å². The van der Waals surface area contributed by atoms with Crippen LogP contribution in [0.5, 0.6) is 0 Å². The molecule has 0 spiro atoms. The first-order valence-corrected chi connectivity index (χ1v) is 10.6. The lowest BCUT2D eigenvalue weighted by Crippen LogP contribution is -2.47. The first-order chi connectivity index (χ1) is 13.1. The molecule has 3 amide bonds. The number of urea groups is 1. The molecule has 28 heavy (non-hydrogen) atoms. The van der Waals surface area contributed by atoms with E-state index < -0.39 is 5.54 Å². The van der Waals surface area contributed by atoms with E-state index in [0.717, 1.165) is 11.3 Å². The van der Waals surface area contributed by atoms with Crippen LogP contribution >= 0.6 is 11.8 Å². The van der Waals surface area contributed by atoms with Crippen LogP contribution in [0.25, 0.3) is 0 Å². The fourth-order valence-electron chi connectivity index (χ4n) is 3.28. The van der Waals surface area contributed by atoms with Crippen molar-refractivity contribution in [3.05, 3.63) is 41.6 Å². The van der Waals surface area contributed by atoms with Crippen molar-refractivity contribution in [3.63, 3.8) is 0 Å². The molecule has 1 fully saturated rings. The Morgan fingerprint density at radius 1 is 1.18 bits per heavy atom. The predicted molar refractivity (Wildman–Crippen MR) is 116 cm³/mol. The summed E-state index contributed by atoms with van der Waals surface area (Å²) in [5.41, 5.74) is 1.65. The van der Waals surface area contributed by atoms with E-state index in [1.165, 1.54) is 4.90 Å². The fraction of sp³-hybridized carbons (Fsp3) is 0.476. The minimum Gasteiger partial charge on any atom is -0.357 e. The van der Waals surface area contributed by atoms with Crippen molar-refractivity contribution < 1.29 is 9.59 Å². The number of amides is 3. The Balaban J connectivity index is 1.86. The maximum atomic E-state index is 13.2. The zero-order chi connectivity index (χ0) is 20.7. The number of allylic oxidation sites excluding steroid dienone is 1. The molecule has 1 N–H and O–H groups in total. The van der Waals surface area contributed by atoms with Crippen molar-refractivity contribution in [1.29, 1.82) is 0 Å². The largest absolute Gasteiger partial charge is 0.357 e. The third-order valence-electron chi connectivity index (χ3n) is 5.17. The van der Waals surface area contributed by atoms with Gasteiger partial charge in [-0.2, -0.15) is 0 Å². The molecule has 2 aliphatic heterocycles. The number of aliphatic imine (C=N–C) groups is 1. The van der Waals surface area contributed by atoms with Gasteiger partial charge in [0.25, 0.3) is 5.91 Å². The van der Waals surface area contributed by atoms with Gasteiger partial charge in [0.1, 0.15) is 5.54 Å². The number of hydrogen-bond acceptors (Lipinski definition) is 5. The highest BCUT2D eigenvalue weighted by Gasteiger charge is 2.52. The summed E-state index contributed by atoms with van der Waals surface area (Å²) in [5.74, 6) is -0.215. The first-order valence-electron chi connectivity index (χ1n) is 9.34. The van der Waals surface area contributed by atoms with Gasteiger partial charge in [0.15, 0.2) is 5.50 Å². The molecule has 150 valence electrons. The number of carbonyl (C=O) groups is 2. The topological polar surface area (TPSA) is 65.0 Å². The average molecular weight is 401 g/mol. The van der Waals surface area contributed by atoms with Crippen LogP contribution in [-0.4, -0.2) is 46.9 Å². The first kappa shape index (κ1) is 20.5. The average Bonchev–Trinajstić information content (AvgIpc) is 2.81. The maximum absolute atomic E-state index is 13.2. The molecule has 6 nitrogen and oxygen atoms in total. The summed E-state index contributed by atoms with van der Waals surface area (Å²) >= 11 is 1.58. The van der Waals surface area contributed by atoms with Crippen LogP contribution in [0, 0.1) is 0 Å². The second kappa shape index (κ2) is 7.28. The Kier molecular flexibility index (Phi) is 5.32. The number of imide groups is 1. The molecule has 0 bridgehead atoms. The Morgan fingerprint density at radius 2 is 1.82 bits per heavy atom. The van der Waals surface area contributed by atoms with Crippen LogP contribution in [0.1, 0.15) is 40.2 Å². The summed E-state index contributed by atoms with van der Waals surface area (Å²) < 4.78 is 0. The second-order valence-corrected chi connectivity index (χ2v) is 9.51. The summed E-state index contributed by atoms with van der Waals surface area (Å²) in [6.07, 6.45) is 5.56. The molecule has 1 unspecified atom stereocenters. The van der Waals surface area contributed by atoms with Gasteiger partial charge in [-0.05, 0) is 49.3 Å². The van der Waals surface area contributed by atoms with E-state index in [2.05, 4.69) is 31.1 Å². The number of hydrogen-bond donors (Lipinski definition) is 1. The van der Waals surface area contributed by atoms with Crippen molar-refractivity contribution in [1.82, 2.24) is 10.2 Å². The highest BCUT2D eigenvalue weighted by molar-refractivity contribution is 7.99. The summed E-state index contributed by atoms with van der Waals surface area (Å²) in [7, 11) is 0. The summed E-state index contributed by atoms with van der Waals surface area (Å²) in [4.78, 5) is 33.5. The number of rotatable bonds is 4. The molecule has 0 aromatic heterocycles. The SMILES string of the molecule is CSC1N=CC=C(CN2C(=O)N(c3ccc(C(C)(C)C)cc3)C(=O)C2(C)C)N1. The van der Waals surface area contributed by atoms with E-state index >= 15 is 0 Å². The molecule has 0 saturated carbocycles. The van der Waals surface area contributed by atoms with Gasteiger partial charge in [-0.15, -0.1) is 11.8 Å². The number of benzene rings is 1. The highest BCUT2D eigenvalue weighted by atomic mass is 32.2. The molecule has 2 heterocycles. The van der Waals surface area contributed by atoms with Crippen LogP contribution < -0.4 is 10.2 Å². The van der Waals surface area contributed by atoms with E-state index in [1.807, 2.05) is 36.6 Å². The molecule has 0 radical (unpaired) electrons. The smallest absolute Gasteiger partial charge is 0.332 e. The monoisotopic (exact) mass is 400 g/mol. The number of thioether (sulfide) groups is 1. The standard InChI is InChI=1S/C21H28N4O2S/c1-20(2,3)14-7-9-16(10-8-14)25-17(26)21(4,5)24(19(25)27)13-15-11-12-22-18(23-15)28-6/h7-12,18,23H,13H2,1-6H3. The molecule has 1 aromatic carbocycles. The second-order valence-electron chi connectivity index (χ2n) is 8.59. The van der Waals surface area contributed by atoms with E-state index in [-0.39, 0.29) is 22.9 Å². The van der Waals surface area contributed by atoms with Crippen molar-refractivity contribution in [2.75, 3.05) is 17.7 Å². The quantitative estimate of drug-likeness (QED) is 0.782. The minimum absolute atomic E-state index is 0.0113. The zero-order valence-electron chi connectivity index (χ0n) is 17.3. The van der Waals surface area contributed by atoms with Crippen molar-refractivity contribution in [2.45, 2.75) is 51.1 Å². The van der Waals surface area contributed by atoms with Crippen LogP contribution in [0.15, 0.2) is 41.0 Å². The van der Waals surface area contributed by atoms with E-state index in [0.29, 0.717) is 12.2 Å². The van der Waals surface area contributed by atoms with Gasteiger partial charge in [0.2, 0.25) is 0 Å². The molecule has 1 saturated heterocycles. The molecule has 7 heteroatoms. The van der Waals surface area contributed by atoms with Gasteiger partial charge >= 0.3 is 6.03 Å². The molecular formula is C21H28N4O2S. The zero-order valence-corrected chi connectivity index (χ0v) is 18.1. The van der Waals surface area contributed by atoms with Gasteiger partial charge in [0, 0.05) is 11.9 Å².